The molecule has 1 N–H and O–H groups in total. The molecule has 4 rings (SSSR count). The smallest absolute Gasteiger partial charge is 0.254 e. The van der Waals surface area contributed by atoms with Crippen molar-refractivity contribution >= 4 is 11.6 Å². The monoisotopic (exact) mass is 404 g/mol. The first-order valence-electron chi connectivity index (χ1n) is 9.44. The molecule has 0 unspecified atom stereocenters. The number of carbonyl (C=O) groups is 1. The SMILES string of the molecule is CCC(=O)Nc1ccc(-c2nnc(-c3c(-c4ccccc4)noc3C)o2)c(OC)c1. The Bertz CT molecular complexity index is 1180. The number of amides is 1. The van der Waals surface area contributed by atoms with Crippen LogP contribution in [0, 0.1) is 6.92 Å². The van der Waals surface area contributed by atoms with E-state index in [0.29, 0.717) is 46.3 Å². The van der Waals surface area contributed by atoms with E-state index in [1.807, 2.05) is 30.3 Å². The standard InChI is InChI=1S/C22H20N4O4/c1-4-18(27)23-15-10-11-16(17(12-15)28-3)21-24-25-22(29-21)19-13(2)30-26-20(19)14-8-6-5-7-9-14/h5-12H,4H2,1-3H3,(H,23,27). The van der Waals surface area contributed by atoms with Gasteiger partial charge in [0.1, 0.15) is 22.8 Å². The summed E-state index contributed by atoms with van der Waals surface area (Å²) < 4.78 is 16.8. The molecule has 4 aromatic rings. The van der Waals surface area contributed by atoms with Crippen molar-refractivity contribution in [3.05, 3.63) is 54.3 Å². The fourth-order valence-electron chi connectivity index (χ4n) is 3.05. The maximum Gasteiger partial charge on any atom is 0.254 e. The van der Waals surface area contributed by atoms with Gasteiger partial charge in [-0.05, 0) is 19.1 Å². The van der Waals surface area contributed by atoms with Crippen LogP contribution in [0.5, 0.6) is 5.75 Å². The second-order valence-corrected chi connectivity index (χ2v) is 6.56. The molecule has 0 saturated carbocycles. The highest BCUT2D eigenvalue weighted by Gasteiger charge is 2.23. The van der Waals surface area contributed by atoms with Crippen molar-refractivity contribution < 1.29 is 18.5 Å². The summed E-state index contributed by atoms with van der Waals surface area (Å²) >= 11 is 0. The Hall–Kier alpha value is -3.94. The van der Waals surface area contributed by atoms with Crippen LogP contribution >= 0.6 is 0 Å². The average molecular weight is 404 g/mol. The third kappa shape index (κ3) is 3.67. The topological polar surface area (TPSA) is 103 Å². The summed E-state index contributed by atoms with van der Waals surface area (Å²) in [5.41, 5.74) is 3.40. The van der Waals surface area contributed by atoms with E-state index < -0.39 is 0 Å². The van der Waals surface area contributed by atoms with Gasteiger partial charge < -0.3 is 19.0 Å². The van der Waals surface area contributed by atoms with Gasteiger partial charge in [0, 0.05) is 23.7 Å². The second-order valence-electron chi connectivity index (χ2n) is 6.56. The molecule has 8 heteroatoms. The predicted octanol–water partition coefficient (Wildman–Crippen LogP) is 4.72. The predicted molar refractivity (Wildman–Crippen MR) is 111 cm³/mol. The Labute approximate surface area is 172 Å². The van der Waals surface area contributed by atoms with Crippen LogP contribution in [0.25, 0.3) is 34.2 Å². The number of carbonyl (C=O) groups excluding carboxylic acids is 1. The van der Waals surface area contributed by atoms with Gasteiger partial charge in [0.15, 0.2) is 0 Å². The van der Waals surface area contributed by atoms with E-state index >= 15 is 0 Å². The summed E-state index contributed by atoms with van der Waals surface area (Å²) in [6.07, 6.45) is 0.388. The van der Waals surface area contributed by atoms with Crippen molar-refractivity contribution in [2.45, 2.75) is 20.3 Å². The van der Waals surface area contributed by atoms with E-state index in [4.69, 9.17) is 13.7 Å². The Balaban J connectivity index is 1.71. The number of nitrogens with zero attached hydrogens (tertiary/aromatic N) is 3. The van der Waals surface area contributed by atoms with Crippen molar-refractivity contribution in [2.24, 2.45) is 0 Å². The zero-order valence-corrected chi connectivity index (χ0v) is 16.8. The van der Waals surface area contributed by atoms with Gasteiger partial charge in [0.05, 0.1) is 12.7 Å². The van der Waals surface area contributed by atoms with Crippen molar-refractivity contribution in [1.29, 1.82) is 0 Å². The number of aryl methyl sites for hydroxylation is 1. The van der Waals surface area contributed by atoms with Gasteiger partial charge in [-0.15, -0.1) is 10.2 Å². The molecule has 152 valence electrons. The largest absolute Gasteiger partial charge is 0.496 e. The first-order chi connectivity index (χ1) is 14.6. The second kappa shape index (κ2) is 8.20. The molecular formula is C22H20N4O4. The molecule has 0 aliphatic carbocycles. The maximum absolute atomic E-state index is 11.6. The third-order valence-corrected chi connectivity index (χ3v) is 4.59. The van der Waals surface area contributed by atoms with Crippen LogP contribution in [-0.4, -0.2) is 28.4 Å². The molecule has 0 radical (unpaired) electrons. The molecule has 2 aromatic carbocycles. The van der Waals surface area contributed by atoms with Gasteiger partial charge in [0.25, 0.3) is 11.8 Å². The number of anilines is 1. The molecule has 1 amide bonds. The van der Waals surface area contributed by atoms with Gasteiger partial charge >= 0.3 is 0 Å². The average Bonchev–Trinajstić information content (AvgIpc) is 3.40. The quantitative estimate of drug-likeness (QED) is 0.496. The lowest BCUT2D eigenvalue weighted by atomic mass is 10.1. The maximum atomic E-state index is 11.6. The minimum Gasteiger partial charge on any atom is -0.496 e. The van der Waals surface area contributed by atoms with Crippen molar-refractivity contribution in [3.63, 3.8) is 0 Å². The fourth-order valence-corrected chi connectivity index (χ4v) is 3.05. The van der Waals surface area contributed by atoms with Crippen molar-refractivity contribution in [1.82, 2.24) is 15.4 Å². The Morgan fingerprint density at radius 2 is 1.87 bits per heavy atom. The molecule has 0 atom stereocenters. The number of ether oxygens (including phenoxy) is 1. The number of methoxy groups -OCH3 is 1. The molecule has 0 bridgehead atoms. The number of aromatic nitrogens is 3. The van der Waals surface area contributed by atoms with Crippen molar-refractivity contribution in [2.75, 3.05) is 12.4 Å². The van der Waals surface area contributed by atoms with Crippen LogP contribution in [0.3, 0.4) is 0 Å². The zero-order chi connectivity index (χ0) is 21.1. The minimum atomic E-state index is -0.0822. The summed E-state index contributed by atoms with van der Waals surface area (Å²) in [6.45, 7) is 3.59. The van der Waals surface area contributed by atoms with E-state index in [2.05, 4.69) is 20.7 Å². The van der Waals surface area contributed by atoms with Crippen LogP contribution in [0.15, 0.2) is 57.5 Å². The summed E-state index contributed by atoms with van der Waals surface area (Å²) in [5.74, 6) is 1.59. The minimum absolute atomic E-state index is 0.0822. The summed E-state index contributed by atoms with van der Waals surface area (Å²) in [4.78, 5) is 11.6. The summed E-state index contributed by atoms with van der Waals surface area (Å²) in [6, 6.07) is 14.9. The van der Waals surface area contributed by atoms with Crippen LogP contribution < -0.4 is 10.1 Å². The first kappa shape index (κ1) is 19.4. The number of rotatable bonds is 6. The molecule has 8 nitrogen and oxygen atoms in total. The lowest BCUT2D eigenvalue weighted by Crippen LogP contribution is -2.09. The summed E-state index contributed by atoms with van der Waals surface area (Å²) in [7, 11) is 1.54. The van der Waals surface area contributed by atoms with Crippen molar-refractivity contribution in [3.8, 4) is 39.9 Å². The van der Waals surface area contributed by atoms with E-state index in [1.54, 1.807) is 39.2 Å². The van der Waals surface area contributed by atoms with Gasteiger partial charge in [-0.2, -0.15) is 0 Å². The highest BCUT2D eigenvalue weighted by Crippen LogP contribution is 2.37. The molecule has 2 aromatic heterocycles. The van der Waals surface area contributed by atoms with E-state index in [0.717, 1.165) is 5.56 Å². The van der Waals surface area contributed by atoms with Gasteiger partial charge in [0.2, 0.25) is 5.91 Å². The third-order valence-electron chi connectivity index (χ3n) is 4.59. The van der Waals surface area contributed by atoms with Gasteiger partial charge in [-0.1, -0.05) is 42.4 Å². The number of nitrogens with one attached hydrogen (secondary N) is 1. The molecule has 0 spiro atoms. The Morgan fingerprint density at radius 1 is 1.10 bits per heavy atom. The van der Waals surface area contributed by atoms with Crippen LogP contribution in [0.1, 0.15) is 19.1 Å². The highest BCUT2D eigenvalue weighted by molar-refractivity contribution is 5.91. The molecule has 2 heterocycles. The normalized spacial score (nSPS) is 10.8. The lowest BCUT2D eigenvalue weighted by molar-refractivity contribution is -0.115. The number of hydrogen-bond acceptors (Lipinski definition) is 7. The molecule has 0 saturated heterocycles. The fraction of sp³-hybridized carbons (Fsp3) is 0.182. The van der Waals surface area contributed by atoms with E-state index in [9.17, 15) is 4.79 Å². The lowest BCUT2D eigenvalue weighted by Gasteiger charge is -2.09. The van der Waals surface area contributed by atoms with Gasteiger partial charge in [-0.25, -0.2) is 0 Å². The first-order valence-corrected chi connectivity index (χ1v) is 9.44. The molecule has 0 aliphatic rings. The van der Waals surface area contributed by atoms with E-state index in [-0.39, 0.29) is 11.8 Å². The molecular weight excluding hydrogens is 384 g/mol. The van der Waals surface area contributed by atoms with Crippen LogP contribution in [0.2, 0.25) is 0 Å². The Kier molecular flexibility index (Phi) is 5.30. The van der Waals surface area contributed by atoms with Gasteiger partial charge in [-0.3, -0.25) is 4.79 Å². The van der Waals surface area contributed by atoms with E-state index in [1.165, 1.54) is 0 Å². The molecule has 30 heavy (non-hydrogen) atoms. The molecule has 0 aliphatic heterocycles. The zero-order valence-electron chi connectivity index (χ0n) is 16.8. The summed E-state index contributed by atoms with van der Waals surface area (Å²) in [5, 5.41) is 15.3. The van der Waals surface area contributed by atoms with Crippen LogP contribution in [0.4, 0.5) is 5.69 Å². The number of benzene rings is 2. The number of hydrogen-bond donors (Lipinski definition) is 1. The van der Waals surface area contributed by atoms with Crippen LogP contribution in [-0.2, 0) is 4.79 Å². The molecule has 0 fully saturated rings. The Morgan fingerprint density at radius 3 is 2.60 bits per heavy atom. The highest BCUT2D eigenvalue weighted by atomic mass is 16.5.